The molecule has 0 aromatic carbocycles. The van der Waals surface area contributed by atoms with Gasteiger partial charge in [0.2, 0.25) is 0 Å². The van der Waals surface area contributed by atoms with Crippen LogP contribution >= 0.6 is 0 Å². The summed E-state index contributed by atoms with van der Waals surface area (Å²) in [5, 5.41) is 10.4. The van der Waals surface area contributed by atoms with Gasteiger partial charge >= 0.3 is 0 Å². The highest BCUT2D eigenvalue weighted by atomic mass is 16.3. The van der Waals surface area contributed by atoms with Crippen molar-refractivity contribution in [1.82, 2.24) is 0 Å². The van der Waals surface area contributed by atoms with Crippen LogP contribution in [0.5, 0.6) is 0 Å². The molecule has 0 heterocycles. The third kappa shape index (κ3) is 1.44. The molecule has 2 aliphatic carbocycles. The van der Waals surface area contributed by atoms with Crippen LogP contribution in [0.25, 0.3) is 0 Å². The van der Waals surface area contributed by atoms with Crippen LogP contribution in [-0.2, 0) is 0 Å². The van der Waals surface area contributed by atoms with Crippen molar-refractivity contribution < 1.29 is 5.11 Å². The molecule has 2 rings (SSSR count). The van der Waals surface area contributed by atoms with Gasteiger partial charge in [0, 0.05) is 5.41 Å². The van der Waals surface area contributed by atoms with Gasteiger partial charge in [0.05, 0.1) is 25.4 Å². The molecular weight excluding hydrogens is 208 g/mol. The van der Waals surface area contributed by atoms with Crippen LogP contribution in [0.15, 0.2) is 0 Å². The molecule has 98 valence electrons. The van der Waals surface area contributed by atoms with Gasteiger partial charge < -0.3 is 5.11 Å². The minimum absolute atomic E-state index is 0.0367. The van der Waals surface area contributed by atoms with Gasteiger partial charge in [-0.1, -0.05) is 27.7 Å². The van der Waals surface area contributed by atoms with E-state index in [0.717, 1.165) is 6.42 Å². The predicted molar refractivity (Wildman–Crippen MR) is 72.6 cm³/mol. The summed E-state index contributed by atoms with van der Waals surface area (Å²) in [6.45, 7) is 14.2. The lowest BCUT2D eigenvalue weighted by molar-refractivity contribution is -0.190. The Bertz CT molecular complexity index is 309. The largest absolute Gasteiger partial charge is 0.393 e. The Morgan fingerprint density at radius 1 is 1.12 bits per heavy atom. The fraction of sp³-hybridized carbons (Fsp3) is 0.938. The quantitative estimate of drug-likeness (QED) is 0.626. The molecule has 1 nitrogen and oxygen atoms in total. The first-order valence-electron chi connectivity index (χ1n) is 7.17. The van der Waals surface area contributed by atoms with Gasteiger partial charge in [0.15, 0.2) is 0 Å². The van der Waals surface area contributed by atoms with Crippen molar-refractivity contribution >= 4 is 0 Å². The van der Waals surface area contributed by atoms with Crippen LogP contribution in [-0.4, -0.2) is 11.2 Å². The summed E-state index contributed by atoms with van der Waals surface area (Å²) >= 11 is 0. The smallest absolute Gasteiger partial charge is 0.103 e. The molecule has 0 bridgehead atoms. The van der Waals surface area contributed by atoms with Crippen LogP contribution in [0.1, 0.15) is 67.2 Å². The summed E-state index contributed by atoms with van der Waals surface area (Å²) in [6, 6.07) is 0. The fourth-order valence-electron chi connectivity index (χ4n) is 4.69. The van der Waals surface area contributed by atoms with Crippen molar-refractivity contribution in [3.63, 3.8) is 0 Å². The molecule has 17 heavy (non-hydrogen) atoms. The lowest BCUT2D eigenvalue weighted by atomic mass is 9.39. The van der Waals surface area contributed by atoms with Gasteiger partial charge in [0.1, 0.15) is 5.92 Å². The maximum Gasteiger partial charge on any atom is 0.103 e. The number of hydrogen-bond donors (Lipinski definition) is 1. The zero-order valence-corrected chi connectivity index (χ0v) is 12.4. The van der Waals surface area contributed by atoms with Gasteiger partial charge in [-0.05, 0) is 37.0 Å². The molecule has 0 aromatic rings. The number of aliphatic hydroxyl groups excluding tert-OH is 1. The van der Waals surface area contributed by atoms with E-state index in [2.05, 4.69) is 41.5 Å². The average Bonchev–Trinajstić information content (AvgIpc) is 2.27. The van der Waals surface area contributed by atoms with Crippen LogP contribution in [0.3, 0.4) is 0 Å². The molecule has 1 N–H and O–H groups in total. The first-order valence-corrected chi connectivity index (χ1v) is 7.17. The third-order valence-corrected chi connectivity index (χ3v) is 7.17. The van der Waals surface area contributed by atoms with Crippen LogP contribution in [0.4, 0.5) is 0 Å². The lowest BCUT2D eigenvalue weighted by Gasteiger charge is -2.63. The Morgan fingerprint density at radius 3 is 2.29 bits per heavy atom. The first-order chi connectivity index (χ1) is 7.67. The minimum Gasteiger partial charge on any atom is -0.393 e. The summed E-state index contributed by atoms with van der Waals surface area (Å²) < 4.78 is 0. The predicted octanol–water partition coefficient (Wildman–Crippen LogP) is 4.20. The molecule has 4 atom stereocenters. The Morgan fingerprint density at radius 2 is 1.71 bits per heavy atom. The molecule has 4 unspecified atom stereocenters. The van der Waals surface area contributed by atoms with E-state index in [1.807, 2.05) is 0 Å². The van der Waals surface area contributed by atoms with Crippen molar-refractivity contribution in [1.29, 1.82) is 0 Å². The summed E-state index contributed by atoms with van der Waals surface area (Å²) in [5.74, 6) is 2.35. The van der Waals surface area contributed by atoms with Crippen LogP contribution < -0.4 is 0 Å². The molecule has 0 aliphatic heterocycles. The lowest BCUT2D eigenvalue weighted by Crippen LogP contribution is -2.61. The maximum absolute atomic E-state index is 10.4. The number of rotatable bonds is 0. The molecule has 0 radical (unpaired) electrons. The van der Waals surface area contributed by atoms with Gasteiger partial charge in [-0.25, -0.2) is 0 Å². The molecule has 0 saturated heterocycles. The molecule has 2 aliphatic rings. The third-order valence-electron chi connectivity index (χ3n) is 7.17. The molecule has 2 fully saturated rings. The van der Waals surface area contributed by atoms with E-state index in [9.17, 15) is 5.11 Å². The van der Waals surface area contributed by atoms with E-state index in [0.29, 0.717) is 11.3 Å². The number of fused-ring (bicyclic) bond motifs is 1. The Balaban J connectivity index is 2.46. The van der Waals surface area contributed by atoms with Crippen molar-refractivity contribution in [3.05, 3.63) is 5.92 Å². The van der Waals surface area contributed by atoms with Gasteiger partial charge in [-0.3, -0.25) is 0 Å². The highest BCUT2D eigenvalue weighted by molar-refractivity contribution is 5.17. The molecule has 0 aromatic heterocycles. The van der Waals surface area contributed by atoms with Crippen LogP contribution in [0, 0.1) is 28.1 Å². The molecule has 0 amide bonds. The zero-order chi connectivity index (χ0) is 13.1. The van der Waals surface area contributed by atoms with E-state index >= 15 is 0 Å². The number of aliphatic hydroxyl groups is 1. The second-order valence-corrected chi connectivity index (χ2v) is 7.59. The monoisotopic (exact) mass is 237 g/mol. The standard InChI is InChI=1S/C16H29O/c1-11-7-10-16(6)14(3,4)13(17)8-9-15(16,5)12(11)2/h12-13,17H,7-10H2,1-6H3/q+1. The topological polar surface area (TPSA) is 20.2 Å². The van der Waals surface area contributed by atoms with E-state index in [1.165, 1.54) is 19.3 Å². The van der Waals surface area contributed by atoms with Crippen molar-refractivity contribution in [3.8, 4) is 0 Å². The van der Waals surface area contributed by atoms with Gasteiger partial charge in [-0.2, -0.15) is 0 Å². The van der Waals surface area contributed by atoms with E-state index in [1.54, 1.807) is 5.92 Å². The summed E-state index contributed by atoms with van der Waals surface area (Å²) in [7, 11) is 0. The van der Waals surface area contributed by atoms with Gasteiger partial charge in [-0.15, -0.1) is 0 Å². The summed E-state index contributed by atoms with van der Waals surface area (Å²) in [6.07, 6.45) is 4.49. The fourth-order valence-corrected chi connectivity index (χ4v) is 4.69. The molecular formula is C16H29O+. The summed E-state index contributed by atoms with van der Waals surface area (Å²) in [4.78, 5) is 0. The average molecular weight is 237 g/mol. The highest BCUT2D eigenvalue weighted by Crippen LogP contribution is 2.68. The number of hydrogen-bond acceptors (Lipinski definition) is 1. The highest BCUT2D eigenvalue weighted by Gasteiger charge is 2.66. The first kappa shape index (κ1) is 13.3. The second-order valence-electron chi connectivity index (χ2n) is 7.59. The Labute approximate surface area is 107 Å². The van der Waals surface area contributed by atoms with Crippen molar-refractivity contribution in [2.75, 3.05) is 0 Å². The van der Waals surface area contributed by atoms with E-state index < -0.39 is 0 Å². The minimum atomic E-state index is -0.133. The molecule has 0 spiro atoms. The molecule has 1 heteroatoms. The van der Waals surface area contributed by atoms with Crippen molar-refractivity contribution in [2.45, 2.75) is 73.3 Å². The SMILES string of the molecule is C[C+]1CCC2(C)C(C)(C)C(O)CCC2(C)C1C. The van der Waals surface area contributed by atoms with E-state index in [-0.39, 0.29) is 16.9 Å². The second kappa shape index (κ2) is 3.66. The Kier molecular flexibility index (Phi) is 2.86. The molecule has 2 saturated carbocycles. The normalized spacial score (nSPS) is 49.9. The van der Waals surface area contributed by atoms with Gasteiger partial charge in [0.25, 0.3) is 0 Å². The van der Waals surface area contributed by atoms with Crippen LogP contribution in [0.2, 0.25) is 0 Å². The summed E-state index contributed by atoms with van der Waals surface area (Å²) in [5.41, 5.74) is 0.656. The Hall–Kier alpha value is -0.170. The van der Waals surface area contributed by atoms with E-state index in [4.69, 9.17) is 0 Å². The maximum atomic E-state index is 10.4. The zero-order valence-electron chi connectivity index (χ0n) is 12.4. The van der Waals surface area contributed by atoms with Crippen molar-refractivity contribution in [2.24, 2.45) is 22.2 Å².